The van der Waals surface area contributed by atoms with Gasteiger partial charge in [0.15, 0.2) is 0 Å². The second-order valence-corrected chi connectivity index (χ2v) is 2.68. The van der Waals surface area contributed by atoms with E-state index < -0.39 is 0 Å². The van der Waals surface area contributed by atoms with Crippen LogP contribution in [-0.2, 0) is 6.42 Å². The molecular weight excluding hydrogens is 148 g/mol. The average Bonchev–Trinajstić information content (AvgIpc) is 2.08. The lowest BCUT2D eigenvalue weighted by molar-refractivity contribution is 1.28. The molecule has 0 atom stereocenters. The van der Waals surface area contributed by atoms with E-state index in [2.05, 4.69) is 6.07 Å². The van der Waals surface area contributed by atoms with Gasteiger partial charge in [0.05, 0.1) is 11.6 Å². The minimum Gasteiger partial charge on any atom is -0.313 e. The Balaban J connectivity index is 3.12. The first-order chi connectivity index (χ1) is 5.77. The van der Waals surface area contributed by atoms with Crippen molar-refractivity contribution in [2.75, 3.05) is 0 Å². The molecule has 1 N–H and O–H groups in total. The summed E-state index contributed by atoms with van der Waals surface area (Å²) in [4.78, 5) is 0. The number of hydrogen-bond acceptors (Lipinski definition) is 2. The Hall–Kier alpha value is -1.62. The van der Waals surface area contributed by atoms with E-state index in [1.54, 1.807) is 0 Å². The molecule has 60 valence electrons. The summed E-state index contributed by atoms with van der Waals surface area (Å²) in [6, 6.07) is 7.82. The molecule has 12 heavy (non-hydrogen) atoms. The molecule has 0 amide bonds. The third-order valence-corrected chi connectivity index (χ3v) is 1.71. The summed E-state index contributed by atoms with van der Waals surface area (Å²) in [7, 11) is 0. The van der Waals surface area contributed by atoms with Gasteiger partial charge in [0.1, 0.15) is 0 Å². The molecule has 1 aromatic carbocycles. The van der Waals surface area contributed by atoms with Crippen molar-refractivity contribution in [3.63, 3.8) is 0 Å². The highest BCUT2D eigenvalue weighted by molar-refractivity contribution is 5.60. The maximum atomic E-state index is 8.74. The Morgan fingerprint density at radius 2 is 2.33 bits per heavy atom. The molecule has 1 rings (SSSR count). The fourth-order valence-corrected chi connectivity index (χ4v) is 1.08. The van der Waals surface area contributed by atoms with Crippen LogP contribution in [-0.4, -0.2) is 6.21 Å². The first-order valence-electron chi connectivity index (χ1n) is 3.76. The lowest BCUT2D eigenvalue weighted by atomic mass is 10.0. The number of rotatable bonds is 2. The van der Waals surface area contributed by atoms with E-state index in [1.165, 1.54) is 6.21 Å². The highest BCUT2D eigenvalue weighted by atomic mass is 14.3. The summed E-state index contributed by atoms with van der Waals surface area (Å²) in [5, 5.41) is 15.7. The van der Waals surface area contributed by atoms with Crippen molar-refractivity contribution in [2.45, 2.75) is 13.3 Å². The van der Waals surface area contributed by atoms with Crippen LogP contribution in [0.15, 0.2) is 18.2 Å². The van der Waals surface area contributed by atoms with Crippen LogP contribution in [0.1, 0.15) is 16.7 Å². The summed E-state index contributed by atoms with van der Waals surface area (Å²) < 4.78 is 0. The SMILES string of the molecule is Cc1ccc(CC=N)c(C#N)c1. The van der Waals surface area contributed by atoms with Crippen molar-refractivity contribution in [3.8, 4) is 6.07 Å². The van der Waals surface area contributed by atoms with Gasteiger partial charge in [0.25, 0.3) is 0 Å². The molecule has 0 heterocycles. The predicted octanol–water partition coefficient (Wildman–Crippen LogP) is 2.06. The lowest BCUT2D eigenvalue weighted by Gasteiger charge is -2.00. The zero-order valence-corrected chi connectivity index (χ0v) is 6.96. The molecule has 2 nitrogen and oxygen atoms in total. The molecule has 2 heteroatoms. The highest BCUT2D eigenvalue weighted by Gasteiger charge is 1.99. The smallest absolute Gasteiger partial charge is 0.0994 e. The maximum absolute atomic E-state index is 8.74. The van der Waals surface area contributed by atoms with E-state index in [9.17, 15) is 0 Å². The average molecular weight is 158 g/mol. The molecule has 0 saturated carbocycles. The maximum Gasteiger partial charge on any atom is 0.0994 e. The van der Waals surface area contributed by atoms with Crippen LogP contribution < -0.4 is 0 Å². The summed E-state index contributed by atoms with van der Waals surface area (Å²) in [5.41, 5.74) is 2.69. The number of nitrogens with zero attached hydrogens (tertiary/aromatic N) is 1. The number of aryl methyl sites for hydroxylation is 1. The molecule has 0 aliphatic rings. The van der Waals surface area contributed by atoms with Gasteiger partial charge in [-0.25, -0.2) is 0 Å². The van der Waals surface area contributed by atoms with Crippen LogP contribution in [0, 0.1) is 23.7 Å². The molecular formula is C10H10N2. The van der Waals surface area contributed by atoms with Crippen molar-refractivity contribution in [1.82, 2.24) is 0 Å². The largest absolute Gasteiger partial charge is 0.313 e. The zero-order chi connectivity index (χ0) is 8.97. The van der Waals surface area contributed by atoms with Crippen LogP contribution in [0.4, 0.5) is 0 Å². The van der Waals surface area contributed by atoms with Crippen molar-refractivity contribution in [1.29, 1.82) is 10.7 Å². The minimum atomic E-state index is 0.545. The minimum absolute atomic E-state index is 0.545. The summed E-state index contributed by atoms with van der Waals surface area (Å²) in [5.74, 6) is 0. The zero-order valence-electron chi connectivity index (χ0n) is 6.96. The van der Waals surface area contributed by atoms with Gasteiger partial charge < -0.3 is 5.41 Å². The van der Waals surface area contributed by atoms with E-state index in [0.29, 0.717) is 12.0 Å². The van der Waals surface area contributed by atoms with E-state index >= 15 is 0 Å². The Morgan fingerprint density at radius 3 is 2.92 bits per heavy atom. The normalized spacial score (nSPS) is 9.00. The molecule has 0 spiro atoms. The van der Waals surface area contributed by atoms with E-state index in [-0.39, 0.29) is 0 Å². The summed E-state index contributed by atoms with van der Waals surface area (Å²) in [6.45, 7) is 1.95. The monoisotopic (exact) mass is 158 g/mol. The Kier molecular flexibility index (Phi) is 2.60. The van der Waals surface area contributed by atoms with Gasteiger partial charge in [0.2, 0.25) is 0 Å². The molecule has 0 fully saturated rings. The molecule has 0 saturated heterocycles. The Morgan fingerprint density at radius 1 is 1.58 bits per heavy atom. The van der Waals surface area contributed by atoms with Crippen molar-refractivity contribution >= 4 is 6.21 Å². The fraction of sp³-hybridized carbons (Fsp3) is 0.200. The molecule has 1 aromatic rings. The molecule has 0 aromatic heterocycles. The summed E-state index contributed by atoms with van der Waals surface area (Å²) in [6.07, 6.45) is 1.86. The summed E-state index contributed by atoms with van der Waals surface area (Å²) >= 11 is 0. The second-order valence-electron chi connectivity index (χ2n) is 2.68. The van der Waals surface area contributed by atoms with Crippen LogP contribution in [0.3, 0.4) is 0 Å². The fourth-order valence-electron chi connectivity index (χ4n) is 1.08. The first kappa shape index (κ1) is 8.48. The van der Waals surface area contributed by atoms with Gasteiger partial charge in [-0.2, -0.15) is 5.26 Å². The standard InChI is InChI=1S/C10H10N2/c1-8-2-3-9(4-5-11)10(6-8)7-12/h2-3,5-6,11H,4H2,1H3. The van der Waals surface area contributed by atoms with Gasteiger partial charge in [0, 0.05) is 6.42 Å². The highest BCUT2D eigenvalue weighted by Crippen LogP contribution is 2.10. The molecule has 0 aliphatic heterocycles. The molecule has 0 unspecified atom stereocenters. The van der Waals surface area contributed by atoms with Crippen LogP contribution in [0.5, 0.6) is 0 Å². The molecule has 0 radical (unpaired) electrons. The Labute approximate surface area is 72.0 Å². The Bertz CT molecular complexity index is 334. The van der Waals surface area contributed by atoms with Gasteiger partial charge in [-0.15, -0.1) is 0 Å². The third kappa shape index (κ3) is 1.70. The third-order valence-electron chi connectivity index (χ3n) is 1.71. The quantitative estimate of drug-likeness (QED) is 0.658. The second kappa shape index (κ2) is 3.68. The predicted molar refractivity (Wildman–Crippen MR) is 48.4 cm³/mol. The first-order valence-corrected chi connectivity index (χ1v) is 3.76. The van der Waals surface area contributed by atoms with Gasteiger partial charge in [-0.1, -0.05) is 12.1 Å². The van der Waals surface area contributed by atoms with Gasteiger partial charge in [-0.3, -0.25) is 0 Å². The van der Waals surface area contributed by atoms with E-state index in [0.717, 1.165) is 11.1 Å². The van der Waals surface area contributed by atoms with Crippen LogP contribution in [0.25, 0.3) is 0 Å². The van der Waals surface area contributed by atoms with Gasteiger partial charge in [-0.05, 0) is 30.3 Å². The number of nitriles is 1. The lowest BCUT2D eigenvalue weighted by Crippen LogP contribution is -1.91. The number of benzene rings is 1. The van der Waals surface area contributed by atoms with Crippen molar-refractivity contribution in [2.24, 2.45) is 0 Å². The van der Waals surface area contributed by atoms with E-state index in [1.807, 2.05) is 25.1 Å². The van der Waals surface area contributed by atoms with Crippen LogP contribution in [0.2, 0.25) is 0 Å². The number of nitrogens with one attached hydrogen (secondary N) is 1. The number of hydrogen-bond donors (Lipinski definition) is 1. The van der Waals surface area contributed by atoms with Crippen molar-refractivity contribution < 1.29 is 0 Å². The van der Waals surface area contributed by atoms with Gasteiger partial charge >= 0.3 is 0 Å². The van der Waals surface area contributed by atoms with E-state index in [4.69, 9.17) is 10.7 Å². The van der Waals surface area contributed by atoms with Crippen molar-refractivity contribution in [3.05, 3.63) is 34.9 Å². The molecule has 0 bridgehead atoms. The topological polar surface area (TPSA) is 47.6 Å². The molecule has 0 aliphatic carbocycles. The van der Waals surface area contributed by atoms with Crippen LogP contribution >= 0.6 is 0 Å².